The summed E-state index contributed by atoms with van der Waals surface area (Å²) in [4.78, 5) is 16.3. The average Bonchev–Trinajstić information content (AvgIpc) is 2.46. The van der Waals surface area contributed by atoms with E-state index in [2.05, 4.69) is 10.3 Å². The molecule has 0 aliphatic carbocycles. The van der Waals surface area contributed by atoms with Crippen LogP contribution in [0.5, 0.6) is 0 Å². The van der Waals surface area contributed by atoms with Gasteiger partial charge in [0.1, 0.15) is 11.5 Å². The van der Waals surface area contributed by atoms with Crippen molar-refractivity contribution in [3.8, 4) is 0 Å². The zero-order valence-electron chi connectivity index (χ0n) is 10.9. The Hall–Kier alpha value is -2.40. The van der Waals surface area contributed by atoms with Gasteiger partial charge in [0, 0.05) is 12.3 Å². The fourth-order valence-corrected chi connectivity index (χ4v) is 2.25. The van der Waals surface area contributed by atoms with Crippen LogP contribution in [0.2, 0.25) is 5.02 Å². The molecule has 0 atom stereocenters. The lowest BCUT2D eigenvalue weighted by Crippen LogP contribution is -2.16. The number of aromatic nitrogens is 2. The van der Waals surface area contributed by atoms with Gasteiger partial charge in [0.2, 0.25) is 0 Å². The number of anilines is 1. The molecule has 21 heavy (non-hydrogen) atoms. The van der Waals surface area contributed by atoms with Gasteiger partial charge in [0.15, 0.2) is 0 Å². The molecule has 4 nitrogen and oxygen atoms in total. The number of nitrogens with zero attached hydrogens (tertiary/aromatic N) is 2. The summed E-state index contributed by atoms with van der Waals surface area (Å²) >= 11 is 5.93. The van der Waals surface area contributed by atoms with Gasteiger partial charge in [-0.15, -0.1) is 0 Å². The molecule has 0 saturated heterocycles. The van der Waals surface area contributed by atoms with Crippen molar-refractivity contribution in [2.24, 2.45) is 0 Å². The Labute approximate surface area is 124 Å². The van der Waals surface area contributed by atoms with Gasteiger partial charge in [-0.1, -0.05) is 17.7 Å². The lowest BCUT2D eigenvalue weighted by atomic mass is 10.3. The minimum absolute atomic E-state index is 0.150. The number of halogens is 2. The maximum absolute atomic E-state index is 13.0. The first-order valence-corrected chi connectivity index (χ1v) is 6.67. The lowest BCUT2D eigenvalue weighted by molar-refractivity contribution is 0.628. The Balaban J connectivity index is 1.87. The van der Waals surface area contributed by atoms with E-state index in [1.165, 1.54) is 22.6 Å². The predicted octanol–water partition coefficient (Wildman–Crippen LogP) is 3.10. The largest absolute Gasteiger partial charge is 0.378 e. The van der Waals surface area contributed by atoms with E-state index in [9.17, 15) is 9.18 Å². The second kappa shape index (κ2) is 5.54. The molecule has 0 aliphatic rings. The van der Waals surface area contributed by atoms with Gasteiger partial charge >= 0.3 is 0 Å². The third-order valence-electron chi connectivity index (χ3n) is 3.02. The summed E-state index contributed by atoms with van der Waals surface area (Å²) in [6.07, 6.45) is 1.67. The molecule has 2 heterocycles. The van der Waals surface area contributed by atoms with Crippen molar-refractivity contribution in [1.29, 1.82) is 0 Å². The number of pyridine rings is 1. The topological polar surface area (TPSA) is 46.4 Å². The molecule has 0 amide bonds. The third kappa shape index (κ3) is 2.87. The molecular weight excluding hydrogens is 293 g/mol. The molecule has 106 valence electrons. The van der Waals surface area contributed by atoms with E-state index in [1.54, 1.807) is 24.4 Å². The first-order valence-electron chi connectivity index (χ1n) is 6.30. The molecule has 0 aliphatic heterocycles. The second-order valence-electron chi connectivity index (χ2n) is 4.49. The van der Waals surface area contributed by atoms with Crippen LogP contribution in [0.25, 0.3) is 5.65 Å². The van der Waals surface area contributed by atoms with Crippen molar-refractivity contribution in [1.82, 2.24) is 9.38 Å². The normalized spacial score (nSPS) is 10.8. The number of fused-ring (bicyclic) bond motifs is 1. The smallest absolute Gasteiger partial charge is 0.258 e. The Bertz CT molecular complexity index is 863. The van der Waals surface area contributed by atoms with Crippen molar-refractivity contribution in [3.63, 3.8) is 0 Å². The van der Waals surface area contributed by atoms with Gasteiger partial charge in [-0.2, -0.15) is 0 Å². The molecule has 2 aromatic heterocycles. The van der Waals surface area contributed by atoms with Gasteiger partial charge in [0.05, 0.1) is 22.9 Å². The zero-order chi connectivity index (χ0) is 14.8. The number of rotatable bonds is 3. The molecule has 1 N–H and O–H groups in total. The number of benzene rings is 1. The highest BCUT2D eigenvalue weighted by atomic mass is 35.5. The van der Waals surface area contributed by atoms with Crippen LogP contribution >= 0.6 is 11.6 Å². The second-order valence-corrected chi connectivity index (χ2v) is 4.90. The van der Waals surface area contributed by atoms with Gasteiger partial charge in [-0.05, 0) is 30.3 Å². The van der Waals surface area contributed by atoms with Crippen molar-refractivity contribution >= 4 is 22.9 Å². The average molecular weight is 304 g/mol. The van der Waals surface area contributed by atoms with Gasteiger partial charge < -0.3 is 5.32 Å². The van der Waals surface area contributed by atoms with Crippen LogP contribution < -0.4 is 10.9 Å². The minimum Gasteiger partial charge on any atom is -0.378 e. The van der Waals surface area contributed by atoms with E-state index < -0.39 is 5.82 Å². The number of nitrogens with one attached hydrogen (secondary N) is 1. The highest BCUT2D eigenvalue weighted by molar-refractivity contribution is 6.33. The van der Waals surface area contributed by atoms with E-state index in [-0.39, 0.29) is 10.6 Å². The molecule has 6 heteroatoms. The molecule has 0 unspecified atom stereocenters. The molecule has 3 rings (SSSR count). The molecule has 0 radical (unpaired) electrons. The summed E-state index contributed by atoms with van der Waals surface area (Å²) in [5.74, 6) is -0.396. The zero-order valence-corrected chi connectivity index (χ0v) is 11.6. The Kier molecular flexibility index (Phi) is 3.58. The van der Waals surface area contributed by atoms with Crippen LogP contribution in [0.4, 0.5) is 10.1 Å². The maximum atomic E-state index is 13.0. The van der Waals surface area contributed by atoms with E-state index in [1.807, 2.05) is 6.07 Å². The molecule has 1 aromatic carbocycles. The quantitative estimate of drug-likeness (QED) is 0.809. The molecule has 3 aromatic rings. The first-order chi connectivity index (χ1) is 10.1. The van der Waals surface area contributed by atoms with E-state index in [4.69, 9.17) is 11.6 Å². The van der Waals surface area contributed by atoms with E-state index in [0.717, 1.165) is 0 Å². The SMILES string of the molecule is O=c1cc(CNc2ccc(F)cc2Cl)nc2ccccn12. The van der Waals surface area contributed by atoms with Crippen molar-refractivity contribution in [3.05, 3.63) is 75.5 Å². The number of hydrogen-bond acceptors (Lipinski definition) is 3. The van der Waals surface area contributed by atoms with Crippen LogP contribution in [0, 0.1) is 5.82 Å². The fraction of sp³-hybridized carbons (Fsp3) is 0.0667. The standard InChI is InChI=1S/C15H11ClFN3O/c16-12-7-10(17)4-5-13(12)18-9-11-8-15(21)20-6-2-1-3-14(20)19-11/h1-8,18H,9H2. The Morgan fingerprint density at radius 1 is 1.24 bits per heavy atom. The summed E-state index contributed by atoms with van der Waals surface area (Å²) < 4.78 is 14.4. The molecule has 0 spiro atoms. The first kappa shape index (κ1) is 13.6. The van der Waals surface area contributed by atoms with Gasteiger partial charge in [0.25, 0.3) is 5.56 Å². The molecule has 0 saturated carbocycles. The summed E-state index contributed by atoms with van der Waals surface area (Å²) in [6.45, 7) is 0.325. The lowest BCUT2D eigenvalue weighted by Gasteiger charge is -2.08. The minimum atomic E-state index is -0.396. The van der Waals surface area contributed by atoms with Gasteiger partial charge in [-0.25, -0.2) is 9.37 Å². The molecule has 0 bridgehead atoms. The fourth-order valence-electron chi connectivity index (χ4n) is 2.01. The predicted molar refractivity (Wildman–Crippen MR) is 80.2 cm³/mol. The summed E-state index contributed by atoms with van der Waals surface area (Å²) in [5, 5.41) is 3.32. The van der Waals surface area contributed by atoms with Crippen molar-refractivity contribution < 1.29 is 4.39 Å². The summed E-state index contributed by atoms with van der Waals surface area (Å²) in [7, 11) is 0. The van der Waals surface area contributed by atoms with Gasteiger partial charge in [-0.3, -0.25) is 9.20 Å². The van der Waals surface area contributed by atoms with Crippen LogP contribution in [-0.2, 0) is 6.54 Å². The number of hydrogen-bond donors (Lipinski definition) is 1. The van der Waals surface area contributed by atoms with Crippen LogP contribution in [-0.4, -0.2) is 9.38 Å². The highest BCUT2D eigenvalue weighted by Gasteiger charge is 2.04. The highest BCUT2D eigenvalue weighted by Crippen LogP contribution is 2.22. The van der Waals surface area contributed by atoms with Crippen molar-refractivity contribution in [2.45, 2.75) is 6.54 Å². The van der Waals surface area contributed by atoms with E-state index in [0.29, 0.717) is 23.6 Å². The molecule has 0 fully saturated rings. The maximum Gasteiger partial charge on any atom is 0.258 e. The summed E-state index contributed by atoms with van der Waals surface area (Å²) in [6, 6.07) is 10.9. The van der Waals surface area contributed by atoms with Crippen LogP contribution in [0.1, 0.15) is 5.69 Å². The third-order valence-corrected chi connectivity index (χ3v) is 3.33. The van der Waals surface area contributed by atoms with Crippen LogP contribution in [0.3, 0.4) is 0 Å². The molecular formula is C15H11ClFN3O. The van der Waals surface area contributed by atoms with Crippen LogP contribution in [0.15, 0.2) is 53.5 Å². The Morgan fingerprint density at radius 2 is 2.10 bits per heavy atom. The van der Waals surface area contributed by atoms with E-state index >= 15 is 0 Å². The Morgan fingerprint density at radius 3 is 2.90 bits per heavy atom. The summed E-state index contributed by atoms with van der Waals surface area (Å²) in [5.41, 5.74) is 1.61. The monoisotopic (exact) mass is 303 g/mol. The van der Waals surface area contributed by atoms with Crippen molar-refractivity contribution in [2.75, 3.05) is 5.32 Å².